The summed E-state index contributed by atoms with van der Waals surface area (Å²) in [6.45, 7) is 2.51. The van der Waals surface area contributed by atoms with E-state index in [0.717, 1.165) is 18.4 Å². The van der Waals surface area contributed by atoms with Gasteiger partial charge in [0.25, 0.3) is 0 Å². The van der Waals surface area contributed by atoms with Crippen LogP contribution in [-0.2, 0) is 31.2 Å². The van der Waals surface area contributed by atoms with Gasteiger partial charge in [-0.05, 0) is 29.7 Å². The molecule has 0 saturated heterocycles. The topological polar surface area (TPSA) is 69.5 Å². The quantitative estimate of drug-likeness (QED) is 0.365. The van der Waals surface area contributed by atoms with Crippen molar-refractivity contribution in [1.82, 2.24) is 0 Å². The molecular weight excluding hydrogens is 368 g/mol. The summed E-state index contributed by atoms with van der Waals surface area (Å²) in [7, 11) is 2.69. The molecule has 0 unspecified atom stereocenters. The van der Waals surface area contributed by atoms with E-state index in [1.54, 1.807) is 6.07 Å². The maximum absolute atomic E-state index is 12.0. The largest absolute Gasteiger partial charge is 0.464 e. The van der Waals surface area contributed by atoms with Crippen LogP contribution in [0.15, 0.2) is 64.9 Å². The number of methoxy groups -OCH3 is 1. The smallest absolute Gasteiger partial charge is 0.360 e. The molecule has 2 atom stereocenters. The molecule has 0 heterocycles. The fourth-order valence-corrected chi connectivity index (χ4v) is 3.56. The molecule has 0 amide bonds. The van der Waals surface area contributed by atoms with Crippen molar-refractivity contribution >= 4 is 17.9 Å². The van der Waals surface area contributed by atoms with Crippen LogP contribution in [0.25, 0.3) is 0 Å². The molecule has 6 nitrogen and oxygen atoms in total. The van der Waals surface area contributed by atoms with Crippen LogP contribution in [0, 0.1) is 5.92 Å². The van der Waals surface area contributed by atoms with E-state index in [-0.39, 0.29) is 17.7 Å². The summed E-state index contributed by atoms with van der Waals surface area (Å²) in [6, 6.07) is 17.9. The lowest BCUT2D eigenvalue weighted by atomic mass is 9.95. The molecule has 1 saturated carbocycles. The second-order valence-electron chi connectivity index (χ2n) is 7.25. The molecular formula is C23H26N2O4. The Balaban J connectivity index is 1.56. The van der Waals surface area contributed by atoms with Crippen LogP contribution >= 0.6 is 0 Å². The van der Waals surface area contributed by atoms with Crippen LogP contribution in [0.1, 0.15) is 36.5 Å². The van der Waals surface area contributed by atoms with Crippen molar-refractivity contribution in [3.05, 3.63) is 71.3 Å². The first-order chi connectivity index (χ1) is 14.1. The van der Waals surface area contributed by atoms with Gasteiger partial charge >= 0.3 is 5.97 Å². The fourth-order valence-electron chi connectivity index (χ4n) is 3.56. The molecule has 1 fully saturated rings. The van der Waals surface area contributed by atoms with Gasteiger partial charge in [0, 0.05) is 17.3 Å². The van der Waals surface area contributed by atoms with Gasteiger partial charge in [-0.3, -0.25) is 0 Å². The van der Waals surface area contributed by atoms with E-state index >= 15 is 0 Å². The Kier molecular flexibility index (Phi) is 6.65. The molecule has 3 rings (SSSR count). The highest BCUT2D eigenvalue weighted by molar-refractivity contribution is 6.43. The number of carbonyl (C=O) groups is 1. The van der Waals surface area contributed by atoms with Crippen molar-refractivity contribution in [1.29, 1.82) is 0 Å². The first kappa shape index (κ1) is 20.6. The van der Waals surface area contributed by atoms with Crippen molar-refractivity contribution in [3.63, 3.8) is 0 Å². The van der Waals surface area contributed by atoms with Crippen LogP contribution in [0.5, 0.6) is 0 Å². The van der Waals surface area contributed by atoms with Crippen molar-refractivity contribution in [2.24, 2.45) is 16.2 Å². The second-order valence-corrected chi connectivity index (χ2v) is 7.25. The third-order valence-electron chi connectivity index (χ3n) is 5.44. The highest BCUT2D eigenvalue weighted by atomic mass is 16.6. The zero-order valence-corrected chi connectivity index (χ0v) is 17.0. The monoisotopic (exact) mass is 394 g/mol. The number of benzene rings is 2. The van der Waals surface area contributed by atoms with Crippen LogP contribution in [0.3, 0.4) is 0 Å². The molecule has 0 aliphatic heterocycles. The van der Waals surface area contributed by atoms with Crippen LogP contribution in [-0.4, -0.2) is 32.1 Å². The van der Waals surface area contributed by atoms with Crippen molar-refractivity contribution in [2.45, 2.75) is 31.8 Å². The maximum atomic E-state index is 12.0. The lowest BCUT2D eigenvalue weighted by Crippen LogP contribution is -2.19. The van der Waals surface area contributed by atoms with E-state index in [1.165, 1.54) is 19.8 Å². The lowest BCUT2D eigenvalue weighted by molar-refractivity contribution is -0.132. The minimum atomic E-state index is -0.572. The van der Waals surface area contributed by atoms with Gasteiger partial charge in [0.05, 0.1) is 7.11 Å². The minimum Gasteiger partial charge on any atom is -0.464 e. The predicted molar refractivity (Wildman–Crippen MR) is 112 cm³/mol. The Hall–Kier alpha value is -3.15. The lowest BCUT2D eigenvalue weighted by Gasteiger charge is -2.10. The first-order valence-electron chi connectivity index (χ1n) is 9.57. The molecule has 0 radical (unpaired) electrons. The standard InChI is InChI=1S/C23H26N2O4/c1-23(18-10-5-4-6-11-18)15-19(23)13-14-24-29-16-17-9-7-8-12-20(17)21(25-28-3)22(26)27-2/h4-12,14,19H,13,15-16H2,1-3H3/t19-,23+/m1/s1. The van der Waals surface area contributed by atoms with Crippen molar-refractivity contribution in [2.75, 3.05) is 14.2 Å². The molecule has 0 N–H and O–H groups in total. The van der Waals surface area contributed by atoms with E-state index in [1.807, 2.05) is 30.5 Å². The third-order valence-corrected chi connectivity index (χ3v) is 5.44. The molecule has 2 aromatic carbocycles. The molecule has 0 aromatic heterocycles. The van der Waals surface area contributed by atoms with Gasteiger partial charge in [-0.15, -0.1) is 0 Å². The van der Waals surface area contributed by atoms with E-state index < -0.39 is 5.97 Å². The number of hydrogen-bond donors (Lipinski definition) is 0. The van der Waals surface area contributed by atoms with Crippen molar-refractivity contribution < 1.29 is 19.2 Å². The Bertz CT molecular complexity index is 895. The minimum absolute atomic E-state index is 0.0924. The summed E-state index contributed by atoms with van der Waals surface area (Å²) in [5.41, 5.74) is 3.06. The molecule has 0 bridgehead atoms. The Morgan fingerprint density at radius 3 is 2.59 bits per heavy atom. The number of oxime groups is 2. The molecule has 1 aliphatic carbocycles. The molecule has 0 spiro atoms. The summed E-state index contributed by atoms with van der Waals surface area (Å²) >= 11 is 0. The van der Waals surface area contributed by atoms with E-state index in [0.29, 0.717) is 11.5 Å². The average Bonchev–Trinajstić information content (AvgIpc) is 3.43. The van der Waals surface area contributed by atoms with Crippen molar-refractivity contribution in [3.8, 4) is 0 Å². The van der Waals surface area contributed by atoms with Gasteiger partial charge in [0.1, 0.15) is 13.7 Å². The highest BCUT2D eigenvalue weighted by Gasteiger charge is 2.50. The van der Waals surface area contributed by atoms with Gasteiger partial charge in [-0.1, -0.05) is 71.8 Å². The van der Waals surface area contributed by atoms with E-state index in [9.17, 15) is 4.79 Å². The van der Waals surface area contributed by atoms with Gasteiger partial charge in [-0.25, -0.2) is 4.79 Å². The number of rotatable bonds is 9. The maximum Gasteiger partial charge on any atom is 0.360 e. The molecule has 2 aromatic rings. The summed E-state index contributed by atoms with van der Waals surface area (Å²) in [6.07, 6.45) is 3.85. The normalized spacial score (nSPS) is 21.1. The Morgan fingerprint density at radius 2 is 1.86 bits per heavy atom. The Labute approximate surface area is 171 Å². The van der Waals surface area contributed by atoms with E-state index in [2.05, 4.69) is 41.5 Å². The second kappa shape index (κ2) is 9.37. The molecule has 6 heteroatoms. The van der Waals surface area contributed by atoms with Gasteiger partial charge in [0.15, 0.2) is 5.71 Å². The number of nitrogens with zero attached hydrogens (tertiary/aromatic N) is 2. The molecule has 29 heavy (non-hydrogen) atoms. The number of esters is 1. The zero-order chi connectivity index (χ0) is 20.7. The summed E-state index contributed by atoms with van der Waals surface area (Å²) in [4.78, 5) is 22.2. The number of ether oxygens (including phenoxy) is 1. The van der Waals surface area contributed by atoms with Gasteiger partial charge < -0.3 is 14.4 Å². The fraction of sp³-hybridized carbons (Fsp3) is 0.348. The van der Waals surface area contributed by atoms with Gasteiger partial charge in [0.2, 0.25) is 0 Å². The number of hydrogen-bond acceptors (Lipinski definition) is 6. The summed E-state index contributed by atoms with van der Waals surface area (Å²) < 4.78 is 4.79. The van der Waals surface area contributed by atoms with Crippen LogP contribution < -0.4 is 0 Å². The molecule has 1 aliphatic rings. The molecule has 152 valence electrons. The van der Waals surface area contributed by atoms with Crippen LogP contribution in [0.4, 0.5) is 0 Å². The summed E-state index contributed by atoms with van der Waals surface area (Å²) in [5, 5.41) is 7.90. The SMILES string of the molecule is CON=C(C(=O)OC)c1ccccc1CON=CC[C@@H]1C[C@@]1(C)c1ccccc1. The first-order valence-corrected chi connectivity index (χ1v) is 9.57. The van der Waals surface area contributed by atoms with Crippen LogP contribution in [0.2, 0.25) is 0 Å². The van der Waals surface area contributed by atoms with Gasteiger partial charge in [-0.2, -0.15) is 0 Å². The Morgan fingerprint density at radius 1 is 1.14 bits per heavy atom. The third kappa shape index (κ3) is 4.83. The summed E-state index contributed by atoms with van der Waals surface area (Å²) in [5.74, 6) is 0.000955. The number of carbonyl (C=O) groups excluding carboxylic acids is 1. The highest BCUT2D eigenvalue weighted by Crippen LogP contribution is 2.55. The zero-order valence-electron chi connectivity index (χ0n) is 17.0. The predicted octanol–water partition coefficient (Wildman–Crippen LogP) is 4.08. The van der Waals surface area contributed by atoms with E-state index in [4.69, 9.17) is 14.4 Å². The average molecular weight is 394 g/mol.